The molecular formula is C51H84O6. The molecule has 0 aromatic carbocycles. The highest BCUT2D eigenvalue weighted by Gasteiger charge is 2.19. The van der Waals surface area contributed by atoms with E-state index in [9.17, 15) is 14.4 Å². The monoisotopic (exact) mass is 793 g/mol. The van der Waals surface area contributed by atoms with Crippen LogP contribution in [0.5, 0.6) is 0 Å². The summed E-state index contributed by atoms with van der Waals surface area (Å²) in [5.74, 6) is -0.991. The van der Waals surface area contributed by atoms with Crippen LogP contribution in [0.15, 0.2) is 85.1 Å². The summed E-state index contributed by atoms with van der Waals surface area (Å²) in [4.78, 5) is 37.8. The standard InChI is InChI=1S/C51H84O6/c1-4-7-10-13-16-19-22-25-27-29-32-35-38-41-44-50(53)56-47-48(46-55-49(52)43-40-37-34-31-28-24-21-18-15-12-9-6-3)57-51(54)45-42-39-36-33-30-26-23-20-17-14-11-8-5-2/h8-9,11-12,14,17-18,20-21,23,26,28,30-31,48H,4-7,10,13,15-16,19,22,24-25,27,29,32-47H2,1-3H3/b11-8-,12-9-,17-14-,21-18-,23-20-,30-26-,31-28-. The fourth-order valence-corrected chi connectivity index (χ4v) is 6.05. The van der Waals surface area contributed by atoms with Gasteiger partial charge in [0.05, 0.1) is 0 Å². The first kappa shape index (κ1) is 53.6. The fourth-order valence-electron chi connectivity index (χ4n) is 6.05. The molecule has 0 N–H and O–H groups in total. The maximum Gasteiger partial charge on any atom is 0.306 e. The van der Waals surface area contributed by atoms with E-state index < -0.39 is 6.10 Å². The zero-order chi connectivity index (χ0) is 41.5. The van der Waals surface area contributed by atoms with Gasteiger partial charge in [-0.2, -0.15) is 0 Å². The summed E-state index contributed by atoms with van der Waals surface area (Å²) in [6.45, 7) is 6.29. The van der Waals surface area contributed by atoms with E-state index in [4.69, 9.17) is 14.2 Å². The van der Waals surface area contributed by atoms with E-state index in [1.807, 2.05) is 36.5 Å². The third kappa shape index (κ3) is 43.6. The van der Waals surface area contributed by atoms with Gasteiger partial charge in [0, 0.05) is 19.3 Å². The SMILES string of the molecule is CC\C=C/C=C\C=C/C=C\CCCCCC(=O)OC(COC(=O)CCCC/C=C\C/C=C\C/C=C\CC)COC(=O)CCCCCCCCCCCCCCCC. The average molecular weight is 793 g/mol. The molecule has 6 nitrogen and oxygen atoms in total. The highest BCUT2D eigenvalue weighted by atomic mass is 16.6. The van der Waals surface area contributed by atoms with Gasteiger partial charge in [-0.3, -0.25) is 14.4 Å². The maximum absolute atomic E-state index is 12.7. The molecule has 0 aliphatic rings. The van der Waals surface area contributed by atoms with Crippen LogP contribution in [0, 0.1) is 0 Å². The summed E-state index contributed by atoms with van der Waals surface area (Å²) < 4.78 is 16.6. The van der Waals surface area contributed by atoms with E-state index >= 15 is 0 Å². The summed E-state index contributed by atoms with van der Waals surface area (Å²) in [5, 5.41) is 0. The third-order valence-corrected chi connectivity index (χ3v) is 9.49. The first-order valence-corrected chi connectivity index (χ1v) is 23.1. The lowest BCUT2D eigenvalue weighted by atomic mass is 10.0. The number of rotatable bonds is 40. The molecule has 0 aromatic rings. The third-order valence-electron chi connectivity index (χ3n) is 9.49. The predicted octanol–water partition coefficient (Wildman–Crippen LogP) is 14.9. The van der Waals surface area contributed by atoms with Crippen LogP contribution in [0.2, 0.25) is 0 Å². The van der Waals surface area contributed by atoms with Crippen LogP contribution in [0.25, 0.3) is 0 Å². The van der Waals surface area contributed by atoms with Gasteiger partial charge in [0.2, 0.25) is 0 Å². The number of ether oxygens (including phenoxy) is 3. The van der Waals surface area contributed by atoms with Gasteiger partial charge in [-0.1, -0.05) is 196 Å². The van der Waals surface area contributed by atoms with Crippen molar-refractivity contribution in [2.75, 3.05) is 13.2 Å². The van der Waals surface area contributed by atoms with Gasteiger partial charge >= 0.3 is 17.9 Å². The Labute approximate surface area is 350 Å². The van der Waals surface area contributed by atoms with Gasteiger partial charge in [-0.15, -0.1) is 0 Å². The number of esters is 3. The Balaban J connectivity index is 4.49. The van der Waals surface area contributed by atoms with Crippen LogP contribution < -0.4 is 0 Å². The van der Waals surface area contributed by atoms with E-state index in [1.54, 1.807) is 0 Å². The predicted molar refractivity (Wildman–Crippen MR) is 242 cm³/mol. The van der Waals surface area contributed by atoms with Crippen LogP contribution in [0.1, 0.15) is 201 Å². The van der Waals surface area contributed by atoms with Gasteiger partial charge in [-0.05, 0) is 70.6 Å². The lowest BCUT2D eigenvalue weighted by Gasteiger charge is -2.18. The summed E-state index contributed by atoms with van der Waals surface area (Å²) in [6, 6.07) is 0. The molecule has 0 bridgehead atoms. The number of hydrogen-bond acceptors (Lipinski definition) is 6. The number of allylic oxidation sites excluding steroid dienone is 14. The van der Waals surface area contributed by atoms with Gasteiger partial charge in [0.25, 0.3) is 0 Å². The second-order valence-corrected chi connectivity index (χ2v) is 15.0. The maximum atomic E-state index is 12.7. The molecule has 1 atom stereocenters. The second-order valence-electron chi connectivity index (χ2n) is 15.0. The van der Waals surface area contributed by atoms with E-state index in [1.165, 1.54) is 70.6 Å². The van der Waals surface area contributed by atoms with Gasteiger partial charge in [0.15, 0.2) is 6.10 Å². The van der Waals surface area contributed by atoms with E-state index in [0.29, 0.717) is 19.3 Å². The second kappa shape index (κ2) is 45.3. The molecule has 0 saturated carbocycles. The summed E-state index contributed by atoms with van der Waals surface area (Å²) in [5.41, 5.74) is 0. The zero-order valence-corrected chi connectivity index (χ0v) is 36.8. The van der Waals surface area contributed by atoms with Crippen molar-refractivity contribution in [1.29, 1.82) is 0 Å². The number of carbonyl (C=O) groups excluding carboxylic acids is 3. The quantitative estimate of drug-likeness (QED) is 0.0202. The Morgan fingerprint density at radius 3 is 1.32 bits per heavy atom. The Kier molecular flexibility index (Phi) is 42.6. The van der Waals surface area contributed by atoms with Crippen molar-refractivity contribution in [3.8, 4) is 0 Å². The summed E-state index contributed by atoms with van der Waals surface area (Å²) >= 11 is 0. The fraction of sp³-hybridized carbons (Fsp3) is 0.667. The number of carbonyl (C=O) groups is 3. The molecule has 0 heterocycles. The molecular weight excluding hydrogens is 709 g/mol. The van der Waals surface area contributed by atoms with Crippen LogP contribution in [-0.2, 0) is 28.6 Å². The molecule has 0 aliphatic heterocycles. The van der Waals surface area contributed by atoms with Crippen molar-refractivity contribution in [3.63, 3.8) is 0 Å². The van der Waals surface area contributed by atoms with Crippen molar-refractivity contribution in [1.82, 2.24) is 0 Å². The molecule has 0 amide bonds. The molecule has 0 fully saturated rings. The zero-order valence-electron chi connectivity index (χ0n) is 36.8. The molecule has 6 heteroatoms. The molecule has 0 aromatic heterocycles. The van der Waals surface area contributed by atoms with Crippen molar-refractivity contribution in [2.45, 2.75) is 207 Å². The van der Waals surface area contributed by atoms with E-state index in [-0.39, 0.29) is 37.5 Å². The Morgan fingerprint density at radius 2 is 0.772 bits per heavy atom. The minimum Gasteiger partial charge on any atom is -0.462 e. The summed E-state index contributed by atoms with van der Waals surface area (Å²) in [6.07, 6.45) is 57.1. The molecule has 324 valence electrons. The molecule has 0 saturated heterocycles. The molecule has 57 heavy (non-hydrogen) atoms. The Hall–Kier alpha value is -3.41. The van der Waals surface area contributed by atoms with Crippen LogP contribution in [0.3, 0.4) is 0 Å². The van der Waals surface area contributed by atoms with Gasteiger partial charge in [-0.25, -0.2) is 0 Å². The van der Waals surface area contributed by atoms with Crippen LogP contribution in [-0.4, -0.2) is 37.2 Å². The van der Waals surface area contributed by atoms with Crippen molar-refractivity contribution in [2.24, 2.45) is 0 Å². The van der Waals surface area contributed by atoms with Crippen molar-refractivity contribution < 1.29 is 28.6 Å². The highest BCUT2D eigenvalue weighted by molar-refractivity contribution is 5.71. The normalized spacial score (nSPS) is 12.8. The number of unbranched alkanes of at least 4 members (excludes halogenated alkanes) is 18. The molecule has 0 aliphatic carbocycles. The molecule has 1 unspecified atom stereocenters. The number of hydrogen-bond donors (Lipinski definition) is 0. The van der Waals surface area contributed by atoms with Crippen molar-refractivity contribution in [3.05, 3.63) is 85.1 Å². The lowest BCUT2D eigenvalue weighted by molar-refractivity contribution is -0.167. The minimum atomic E-state index is -0.809. The Bertz CT molecular complexity index is 1140. The van der Waals surface area contributed by atoms with Crippen LogP contribution in [0.4, 0.5) is 0 Å². The lowest BCUT2D eigenvalue weighted by Crippen LogP contribution is -2.30. The minimum absolute atomic E-state index is 0.104. The van der Waals surface area contributed by atoms with E-state index in [0.717, 1.165) is 83.5 Å². The first-order valence-electron chi connectivity index (χ1n) is 23.1. The largest absolute Gasteiger partial charge is 0.462 e. The smallest absolute Gasteiger partial charge is 0.306 e. The highest BCUT2D eigenvalue weighted by Crippen LogP contribution is 2.14. The van der Waals surface area contributed by atoms with Gasteiger partial charge < -0.3 is 14.2 Å². The van der Waals surface area contributed by atoms with E-state index in [2.05, 4.69) is 69.4 Å². The summed E-state index contributed by atoms with van der Waals surface area (Å²) in [7, 11) is 0. The molecule has 0 spiro atoms. The molecule has 0 radical (unpaired) electrons. The first-order chi connectivity index (χ1) is 28.0. The topological polar surface area (TPSA) is 78.9 Å². The Morgan fingerprint density at radius 1 is 0.386 bits per heavy atom. The van der Waals surface area contributed by atoms with Crippen molar-refractivity contribution >= 4 is 17.9 Å². The molecule has 0 rings (SSSR count). The van der Waals surface area contributed by atoms with Gasteiger partial charge in [0.1, 0.15) is 13.2 Å². The average Bonchev–Trinajstić information content (AvgIpc) is 3.21. The van der Waals surface area contributed by atoms with Crippen LogP contribution >= 0.6 is 0 Å².